The first-order valence-corrected chi connectivity index (χ1v) is 17.5. The molecule has 0 amide bonds. The molecule has 11 rings (SSSR count). The van der Waals surface area contributed by atoms with Gasteiger partial charge < -0.3 is 18.2 Å². The summed E-state index contributed by atoms with van der Waals surface area (Å²) < 4.78 is 19.9. The second-order valence-electron chi connectivity index (χ2n) is 13.2. The Morgan fingerprint density at radius 1 is 0.308 bits per heavy atom. The molecule has 0 bridgehead atoms. The van der Waals surface area contributed by atoms with E-state index < -0.39 is 0 Å². The quantitative estimate of drug-likeness (QED) is 0.183. The number of para-hydroxylation sites is 5. The van der Waals surface area contributed by atoms with Crippen LogP contribution in [0.5, 0.6) is 0 Å². The van der Waals surface area contributed by atoms with Crippen LogP contribution in [-0.4, -0.2) is 0 Å². The highest BCUT2D eigenvalue weighted by molar-refractivity contribution is 6.14. The molecule has 4 heteroatoms. The second-order valence-corrected chi connectivity index (χ2v) is 13.2. The van der Waals surface area contributed by atoms with Gasteiger partial charge in [0.2, 0.25) is 0 Å². The lowest BCUT2D eigenvalue weighted by atomic mass is 10.0. The summed E-state index contributed by atoms with van der Waals surface area (Å²) in [5.74, 6) is 0. The maximum Gasteiger partial charge on any atom is 0.159 e. The molecule has 0 fully saturated rings. The van der Waals surface area contributed by atoms with Crippen LogP contribution in [0.25, 0.3) is 88.1 Å². The Morgan fingerprint density at radius 2 is 0.846 bits per heavy atom. The fourth-order valence-electron chi connectivity index (χ4n) is 7.89. The fourth-order valence-corrected chi connectivity index (χ4v) is 7.89. The maximum atomic E-state index is 6.95. The molecule has 0 saturated heterocycles. The van der Waals surface area contributed by atoms with Gasteiger partial charge >= 0.3 is 0 Å². The number of furan rings is 3. The van der Waals surface area contributed by atoms with Crippen LogP contribution in [0.1, 0.15) is 0 Å². The van der Waals surface area contributed by atoms with Gasteiger partial charge in [-0.15, -0.1) is 0 Å². The molecule has 52 heavy (non-hydrogen) atoms. The third kappa shape index (κ3) is 4.34. The van der Waals surface area contributed by atoms with Crippen LogP contribution < -0.4 is 4.90 Å². The Hall–Kier alpha value is -7.04. The van der Waals surface area contributed by atoms with Gasteiger partial charge in [0.1, 0.15) is 27.9 Å². The monoisotopic (exact) mass is 667 g/mol. The molecule has 0 atom stereocenters. The molecule has 8 aromatic carbocycles. The van der Waals surface area contributed by atoms with Crippen molar-refractivity contribution in [2.45, 2.75) is 0 Å². The molecule has 0 unspecified atom stereocenters. The van der Waals surface area contributed by atoms with Crippen molar-refractivity contribution in [2.24, 2.45) is 0 Å². The smallest absolute Gasteiger partial charge is 0.159 e. The van der Waals surface area contributed by atoms with Crippen molar-refractivity contribution in [1.82, 2.24) is 0 Å². The summed E-state index contributed by atoms with van der Waals surface area (Å²) in [6.07, 6.45) is 0. The molecule has 11 aromatic rings. The van der Waals surface area contributed by atoms with Gasteiger partial charge in [0.05, 0.1) is 11.4 Å². The zero-order valence-electron chi connectivity index (χ0n) is 27.9. The standard InChI is InChI=1S/C48H29NO3/c1-2-12-30(13-3-1)34-18-9-21-40-41-22-11-23-42(48(41)52-47(34)40)49(33-26-27-38-36-16-4-6-24-43(36)50-45(38)29-33)32-15-8-14-31(28-32)35-19-10-20-39-37-17-5-7-25-44(37)51-46(35)39/h1-29H. The minimum absolute atomic E-state index is 0.815. The Labute approximate surface area is 298 Å². The van der Waals surface area contributed by atoms with E-state index in [9.17, 15) is 0 Å². The molecule has 0 aliphatic heterocycles. The molecule has 0 aliphatic rings. The third-order valence-corrected chi connectivity index (χ3v) is 10.3. The van der Waals surface area contributed by atoms with Crippen LogP contribution >= 0.6 is 0 Å². The van der Waals surface area contributed by atoms with Crippen LogP contribution in [0.15, 0.2) is 189 Å². The van der Waals surface area contributed by atoms with Crippen molar-refractivity contribution < 1.29 is 13.3 Å². The summed E-state index contributed by atoms with van der Waals surface area (Å²) >= 11 is 0. The normalized spacial score (nSPS) is 11.8. The fraction of sp³-hybridized carbons (Fsp3) is 0. The molecular weight excluding hydrogens is 639 g/mol. The molecule has 3 aromatic heterocycles. The van der Waals surface area contributed by atoms with Crippen molar-refractivity contribution >= 4 is 82.9 Å². The van der Waals surface area contributed by atoms with Gasteiger partial charge in [-0.05, 0) is 53.6 Å². The molecule has 0 radical (unpaired) electrons. The minimum atomic E-state index is 0.815. The third-order valence-electron chi connectivity index (χ3n) is 10.3. The maximum absolute atomic E-state index is 6.95. The van der Waals surface area contributed by atoms with Crippen molar-refractivity contribution in [1.29, 1.82) is 0 Å². The van der Waals surface area contributed by atoms with Gasteiger partial charge in [-0.2, -0.15) is 0 Å². The Kier molecular flexibility index (Phi) is 6.22. The molecule has 3 heterocycles. The Morgan fingerprint density at radius 3 is 1.65 bits per heavy atom. The highest BCUT2D eigenvalue weighted by Crippen LogP contribution is 2.46. The molecule has 0 saturated carbocycles. The van der Waals surface area contributed by atoms with E-state index in [4.69, 9.17) is 13.3 Å². The number of fused-ring (bicyclic) bond motifs is 9. The highest BCUT2D eigenvalue weighted by Gasteiger charge is 2.22. The number of anilines is 3. The summed E-state index contributed by atoms with van der Waals surface area (Å²) in [5.41, 5.74) is 12.3. The van der Waals surface area contributed by atoms with Crippen LogP contribution in [0.2, 0.25) is 0 Å². The predicted molar refractivity (Wildman–Crippen MR) is 214 cm³/mol. The first-order chi connectivity index (χ1) is 25.8. The lowest BCUT2D eigenvalue weighted by Gasteiger charge is -2.26. The molecule has 0 spiro atoms. The van der Waals surface area contributed by atoms with Crippen molar-refractivity contribution in [3.05, 3.63) is 176 Å². The van der Waals surface area contributed by atoms with E-state index in [1.807, 2.05) is 30.3 Å². The van der Waals surface area contributed by atoms with E-state index in [1.165, 1.54) is 0 Å². The van der Waals surface area contributed by atoms with Crippen LogP contribution in [0.3, 0.4) is 0 Å². The summed E-state index contributed by atoms with van der Waals surface area (Å²) in [6.45, 7) is 0. The lowest BCUT2D eigenvalue weighted by molar-refractivity contribution is 0.668. The lowest BCUT2D eigenvalue weighted by Crippen LogP contribution is -2.10. The molecule has 244 valence electrons. The summed E-state index contributed by atoms with van der Waals surface area (Å²) in [6, 6.07) is 61.2. The number of hydrogen-bond acceptors (Lipinski definition) is 4. The SMILES string of the molecule is c1ccc(-c2cccc3c2oc2c(N(c4cccc(-c5cccc6c5oc5ccccc56)c4)c4ccc5c(c4)oc4ccccc45)cccc23)cc1. The Bertz CT molecular complexity index is 3150. The first-order valence-electron chi connectivity index (χ1n) is 17.5. The van der Waals surface area contributed by atoms with Crippen molar-refractivity contribution in [3.8, 4) is 22.3 Å². The van der Waals surface area contributed by atoms with Crippen molar-refractivity contribution in [2.75, 3.05) is 4.90 Å². The number of rotatable bonds is 5. The predicted octanol–water partition coefficient (Wildman–Crippen LogP) is 14.2. The average Bonchev–Trinajstić information content (AvgIpc) is 3.90. The van der Waals surface area contributed by atoms with Gasteiger partial charge in [0, 0.05) is 55.2 Å². The van der Waals surface area contributed by atoms with E-state index in [2.05, 4.69) is 150 Å². The number of benzene rings is 8. The van der Waals surface area contributed by atoms with Crippen LogP contribution in [0, 0.1) is 0 Å². The van der Waals surface area contributed by atoms with Crippen molar-refractivity contribution in [3.63, 3.8) is 0 Å². The van der Waals surface area contributed by atoms with E-state index in [0.717, 1.165) is 105 Å². The van der Waals surface area contributed by atoms with Crippen LogP contribution in [0.4, 0.5) is 17.1 Å². The largest absolute Gasteiger partial charge is 0.456 e. The summed E-state index contributed by atoms with van der Waals surface area (Å²) in [5, 5.41) is 6.54. The average molecular weight is 668 g/mol. The van der Waals surface area contributed by atoms with E-state index in [-0.39, 0.29) is 0 Å². The highest BCUT2D eigenvalue weighted by atomic mass is 16.3. The van der Waals surface area contributed by atoms with Gasteiger partial charge in [0.25, 0.3) is 0 Å². The second kappa shape index (κ2) is 11.2. The van der Waals surface area contributed by atoms with E-state index in [0.29, 0.717) is 0 Å². The van der Waals surface area contributed by atoms with E-state index >= 15 is 0 Å². The number of hydrogen-bond donors (Lipinski definition) is 0. The topological polar surface area (TPSA) is 42.7 Å². The van der Waals surface area contributed by atoms with E-state index in [1.54, 1.807) is 0 Å². The molecule has 0 aliphatic carbocycles. The summed E-state index contributed by atoms with van der Waals surface area (Å²) in [4.78, 5) is 2.28. The van der Waals surface area contributed by atoms with Crippen LogP contribution in [-0.2, 0) is 0 Å². The van der Waals surface area contributed by atoms with Gasteiger partial charge in [-0.25, -0.2) is 0 Å². The minimum Gasteiger partial charge on any atom is -0.456 e. The Balaban J connectivity index is 1.16. The summed E-state index contributed by atoms with van der Waals surface area (Å²) in [7, 11) is 0. The zero-order chi connectivity index (χ0) is 34.2. The molecular formula is C48H29NO3. The zero-order valence-corrected chi connectivity index (χ0v) is 27.9. The molecule has 0 N–H and O–H groups in total. The molecule has 4 nitrogen and oxygen atoms in total. The van der Waals surface area contributed by atoms with Gasteiger partial charge in [-0.1, -0.05) is 127 Å². The van der Waals surface area contributed by atoms with Gasteiger partial charge in [0.15, 0.2) is 5.58 Å². The number of nitrogens with zero attached hydrogens (tertiary/aromatic N) is 1. The van der Waals surface area contributed by atoms with Gasteiger partial charge in [-0.3, -0.25) is 0 Å². The first kappa shape index (κ1) is 28.8.